The van der Waals surface area contributed by atoms with E-state index in [0.29, 0.717) is 17.5 Å². The number of para-hydroxylation sites is 2. The van der Waals surface area contributed by atoms with Crippen LogP contribution in [-0.2, 0) is 0 Å². The van der Waals surface area contributed by atoms with Crippen molar-refractivity contribution in [2.45, 2.75) is 0 Å². The molecule has 0 bridgehead atoms. The van der Waals surface area contributed by atoms with Gasteiger partial charge in [0.2, 0.25) is 0 Å². The summed E-state index contributed by atoms with van der Waals surface area (Å²) in [7, 11) is 0. The van der Waals surface area contributed by atoms with Crippen LogP contribution in [0.15, 0.2) is 197 Å². The molecule has 5 heteroatoms. The minimum absolute atomic E-state index is 0.593. The summed E-state index contributed by atoms with van der Waals surface area (Å²) in [4.78, 5) is 15.5. The van der Waals surface area contributed by atoms with E-state index in [9.17, 15) is 0 Å². The second-order valence-corrected chi connectivity index (χ2v) is 14.0. The molecule has 0 aliphatic heterocycles. The maximum absolute atomic E-state index is 6.24. The maximum Gasteiger partial charge on any atom is 0.164 e. The van der Waals surface area contributed by atoms with Crippen LogP contribution in [0.4, 0.5) is 0 Å². The Morgan fingerprint density at radius 1 is 0.268 bits per heavy atom. The zero-order chi connectivity index (χ0) is 37.0. The van der Waals surface area contributed by atoms with Crippen molar-refractivity contribution in [3.63, 3.8) is 0 Å². The number of rotatable bonds is 6. The molecular formula is C51H31N3O2. The standard InChI is InChI=1S/C51H31N3O2/c1-2-12-32(13-3-1)33-14-8-17-37(28-33)49-52-50(38-18-9-15-34(29-38)35-26-27-42-41-20-4-6-23-44(41)56-47(42)31-35)54-51(53-49)39-19-10-16-36(30-39)40-22-11-25-46-48(40)43-21-5-7-24-45(43)55-46/h1-31H. The molecule has 0 unspecified atom stereocenters. The van der Waals surface area contributed by atoms with E-state index >= 15 is 0 Å². The lowest BCUT2D eigenvalue weighted by atomic mass is 9.97. The lowest BCUT2D eigenvalue weighted by Crippen LogP contribution is -2.00. The number of nitrogens with zero attached hydrogens (tertiary/aromatic N) is 3. The molecule has 3 heterocycles. The van der Waals surface area contributed by atoms with Gasteiger partial charge in [0, 0.05) is 38.2 Å². The zero-order valence-electron chi connectivity index (χ0n) is 30.1. The molecule has 0 radical (unpaired) electrons. The Morgan fingerprint density at radius 3 is 1.41 bits per heavy atom. The van der Waals surface area contributed by atoms with Crippen LogP contribution in [0, 0.1) is 0 Å². The van der Waals surface area contributed by atoms with E-state index in [4.69, 9.17) is 23.8 Å². The quantitative estimate of drug-likeness (QED) is 0.171. The summed E-state index contributed by atoms with van der Waals surface area (Å²) >= 11 is 0. The number of hydrogen-bond acceptors (Lipinski definition) is 5. The molecule has 0 atom stereocenters. The summed E-state index contributed by atoms with van der Waals surface area (Å²) in [6.07, 6.45) is 0. The highest BCUT2D eigenvalue weighted by atomic mass is 16.3. The molecule has 11 rings (SSSR count). The lowest BCUT2D eigenvalue weighted by Gasteiger charge is -2.12. The fourth-order valence-electron chi connectivity index (χ4n) is 7.82. The van der Waals surface area contributed by atoms with Gasteiger partial charge < -0.3 is 8.83 Å². The summed E-state index contributed by atoms with van der Waals surface area (Å²) in [5.74, 6) is 1.79. The van der Waals surface area contributed by atoms with Gasteiger partial charge in [-0.05, 0) is 81.9 Å². The van der Waals surface area contributed by atoms with Crippen molar-refractivity contribution in [2.24, 2.45) is 0 Å². The molecule has 0 aliphatic rings. The molecular weight excluding hydrogens is 687 g/mol. The van der Waals surface area contributed by atoms with E-state index in [1.807, 2.05) is 48.5 Å². The van der Waals surface area contributed by atoms with Crippen LogP contribution in [0.5, 0.6) is 0 Å². The number of aromatic nitrogens is 3. The van der Waals surface area contributed by atoms with Crippen LogP contribution in [0.3, 0.4) is 0 Å². The Bertz CT molecular complexity index is 3270. The fourth-order valence-corrected chi connectivity index (χ4v) is 7.82. The Hall–Kier alpha value is -7.63. The van der Waals surface area contributed by atoms with E-state index in [-0.39, 0.29) is 0 Å². The summed E-state index contributed by atoms with van der Waals surface area (Å²) in [6.45, 7) is 0. The van der Waals surface area contributed by atoms with Gasteiger partial charge in [0.15, 0.2) is 17.5 Å². The van der Waals surface area contributed by atoms with Crippen molar-refractivity contribution in [3.05, 3.63) is 188 Å². The van der Waals surface area contributed by atoms with Gasteiger partial charge in [-0.1, -0.05) is 140 Å². The van der Waals surface area contributed by atoms with Crippen molar-refractivity contribution in [1.29, 1.82) is 0 Å². The highest BCUT2D eigenvalue weighted by Gasteiger charge is 2.17. The van der Waals surface area contributed by atoms with Gasteiger partial charge in [-0.3, -0.25) is 0 Å². The van der Waals surface area contributed by atoms with Crippen molar-refractivity contribution in [1.82, 2.24) is 15.0 Å². The molecule has 56 heavy (non-hydrogen) atoms. The Kier molecular flexibility index (Phi) is 7.42. The molecule has 11 aromatic rings. The number of hydrogen-bond donors (Lipinski definition) is 0. The Labute approximate surface area is 322 Å². The van der Waals surface area contributed by atoms with Crippen LogP contribution in [-0.4, -0.2) is 15.0 Å². The van der Waals surface area contributed by atoms with Crippen LogP contribution >= 0.6 is 0 Å². The Balaban J connectivity index is 1.06. The van der Waals surface area contributed by atoms with Crippen molar-refractivity contribution < 1.29 is 8.83 Å². The molecule has 0 aliphatic carbocycles. The molecule has 5 nitrogen and oxygen atoms in total. The third-order valence-corrected chi connectivity index (χ3v) is 10.5. The normalized spacial score (nSPS) is 11.6. The molecule has 262 valence electrons. The average Bonchev–Trinajstić information content (AvgIpc) is 3.85. The second-order valence-electron chi connectivity index (χ2n) is 14.0. The summed E-state index contributed by atoms with van der Waals surface area (Å²) < 4.78 is 12.5. The first-order valence-corrected chi connectivity index (χ1v) is 18.7. The molecule has 3 aromatic heterocycles. The SMILES string of the molecule is c1ccc(-c2cccc(-c3nc(-c4cccc(-c5ccc6c(c5)oc5ccccc56)c4)nc(-c4cccc(-c5cccc6oc7ccccc7c56)c4)n3)c2)cc1. The van der Waals surface area contributed by atoms with Gasteiger partial charge in [0.25, 0.3) is 0 Å². The van der Waals surface area contributed by atoms with E-state index in [2.05, 4.69) is 140 Å². The number of benzene rings is 8. The van der Waals surface area contributed by atoms with Gasteiger partial charge >= 0.3 is 0 Å². The monoisotopic (exact) mass is 717 g/mol. The molecule has 8 aromatic carbocycles. The molecule has 0 fully saturated rings. The van der Waals surface area contributed by atoms with Crippen molar-refractivity contribution in [2.75, 3.05) is 0 Å². The topological polar surface area (TPSA) is 65.0 Å². The third kappa shape index (κ3) is 5.53. The zero-order valence-corrected chi connectivity index (χ0v) is 30.1. The van der Waals surface area contributed by atoms with Gasteiger partial charge in [-0.25, -0.2) is 15.0 Å². The number of furan rings is 2. The minimum Gasteiger partial charge on any atom is -0.456 e. The predicted molar refractivity (Wildman–Crippen MR) is 227 cm³/mol. The molecule has 0 saturated carbocycles. The lowest BCUT2D eigenvalue weighted by molar-refractivity contribution is 0.668. The highest BCUT2D eigenvalue weighted by molar-refractivity contribution is 6.12. The van der Waals surface area contributed by atoms with Crippen molar-refractivity contribution in [3.8, 4) is 67.5 Å². The van der Waals surface area contributed by atoms with E-state index < -0.39 is 0 Å². The molecule has 0 N–H and O–H groups in total. The second kappa shape index (κ2) is 13.0. The third-order valence-electron chi connectivity index (χ3n) is 10.5. The summed E-state index contributed by atoms with van der Waals surface area (Å²) in [6, 6.07) is 64.6. The van der Waals surface area contributed by atoms with Gasteiger partial charge in [0.05, 0.1) is 0 Å². The first-order chi connectivity index (χ1) is 27.7. The average molecular weight is 718 g/mol. The fraction of sp³-hybridized carbons (Fsp3) is 0. The largest absolute Gasteiger partial charge is 0.456 e. The van der Waals surface area contributed by atoms with Gasteiger partial charge in [0.1, 0.15) is 22.3 Å². The van der Waals surface area contributed by atoms with Crippen LogP contribution in [0.1, 0.15) is 0 Å². The van der Waals surface area contributed by atoms with E-state index in [0.717, 1.165) is 93.9 Å². The minimum atomic E-state index is 0.593. The highest BCUT2D eigenvalue weighted by Crippen LogP contribution is 2.38. The first-order valence-electron chi connectivity index (χ1n) is 18.7. The summed E-state index contributed by atoms with van der Waals surface area (Å²) in [5.41, 5.74) is 12.6. The summed E-state index contributed by atoms with van der Waals surface area (Å²) in [5, 5.41) is 4.39. The van der Waals surface area contributed by atoms with Crippen LogP contribution < -0.4 is 0 Å². The van der Waals surface area contributed by atoms with Gasteiger partial charge in [-0.2, -0.15) is 0 Å². The first kappa shape index (κ1) is 31.9. The smallest absolute Gasteiger partial charge is 0.164 e. The molecule has 0 saturated heterocycles. The van der Waals surface area contributed by atoms with Crippen LogP contribution in [0.25, 0.3) is 111 Å². The number of fused-ring (bicyclic) bond motifs is 6. The van der Waals surface area contributed by atoms with E-state index in [1.165, 1.54) is 0 Å². The maximum atomic E-state index is 6.24. The van der Waals surface area contributed by atoms with Crippen LogP contribution in [0.2, 0.25) is 0 Å². The Morgan fingerprint density at radius 2 is 0.714 bits per heavy atom. The van der Waals surface area contributed by atoms with Crippen molar-refractivity contribution >= 4 is 43.9 Å². The van der Waals surface area contributed by atoms with Gasteiger partial charge in [-0.15, -0.1) is 0 Å². The molecule has 0 amide bonds. The van der Waals surface area contributed by atoms with E-state index in [1.54, 1.807) is 0 Å². The molecule has 0 spiro atoms. The predicted octanol–water partition coefficient (Wildman–Crippen LogP) is 13.7.